The maximum absolute atomic E-state index is 4.31. The number of benzene rings is 1. The standard InChI is InChI=1S/C11H13N2/c1-2-3-8-13-9-12-10-6-4-5-7-11(10)13/h4-7,9H,1-3,8H2. The van der Waals surface area contributed by atoms with Crippen LogP contribution in [0.1, 0.15) is 12.8 Å². The molecule has 2 heteroatoms. The van der Waals surface area contributed by atoms with E-state index in [1.165, 1.54) is 5.52 Å². The second-order valence-electron chi connectivity index (χ2n) is 3.13. The highest BCUT2D eigenvalue weighted by molar-refractivity contribution is 5.74. The first-order valence-corrected chi connectivity index (χ1v) is 4.61. The highest BCUT2D eigenvalue weighted by Gasteiger charge is 1.99. The van der Waals surface area contributed by atoms with Crippen LogP contribution in [0.5, 0.6) is 0 Å². The Morgan fingerprint density at radius 1 is 1.31 bits per heavy atom. The number of para-hydroxylation sites is 2. The third-order valence-corrected chi connectivity index (χ3v) is 2.18. The van der Waals surface area contributed by atoms with Crippen molar-refractivity contribution in [3.63, 3.8) is 0 Å². The van der Waals surface area contributed by atoms with Gasteiger partial charge in [0.1, 0.15) is 0 Å². The molecule has 1 aromatic heterocycles. The summed E-state index contributed by atoms with van der Waals surface area (Å²) in [6, 6.07) is 8.20. The average molecular weight is 173 g/mol. The molecule has 1 radical (unpaired) electrons. The summed E-state index contributed by atoms with van der Waals surface area (Å²) in [6.45, 7) is 4.85. The molecular weight excluding hydrogens is 160 g/mol. The smallest absolute Gasteiger partial charge is 0.0958 e. The van der Waals surface area contributed by atoms with E-state index in [4.69, 9.17) is 0 Å². The fourth-order valence-corrected chi connectivity index (χ4v) is 1.47. The summed E-state index contributed by atoms with van der Waals surface area (Å²) >= 11 is 0. The molecule has 0 saturated heterocycles. The van der Waals surface area contributed by atoms with E-state index in [9.17, 15) is 0 Å². The van der Waals surface area contributed by atoms with Gasteiger partial charge in [-0.2, -0.15) is 0 Å². The fourth-order valence-electron chi connectivity index (χ4n) is 1.47. The maximum atomic E-state index is 4.31. The van der Waals surface area contributed by atoms with Crippen LogP contribution in [0.25, 0.3) is 11.0 Å². The van der Waals surface area contributed by atoms with Crippen LogP contribution in [0.2, 0.25) is 0 Å². The van der Waals surface area contributed by atoms with E-state index in [0.717, 1.165) is 24.9 Å². The zero-order valence-corrected chi connectivity index (χ0v) is 7.61. The number of hydrogen-bond donors (Lipinski definition) is 0. The van der Waals surface area contributed by atoms with Gasteiger partial charge in [-0.3, -0.25) is 0 Å². The van der Waals surface area contributed by atoms with Crippen molar-refractivity contribution in [3.05, 3.63) is 37.5 Å². The number of nitrogens with zero attached hydrogens (tertiary/aromatic N) is 2. The fraction of sp³-hybridized carbons (Fsp3) is 0.273. The molecule has 2 aromatic rings. The summed E-state index contributed by atoms with van der Waals surface area (Å²) in [7, 11) is 0. The monoisotopic (exact) mass is 173 g/mol. The summed E-state index contributed by atoms with van der Waals surface area (Å²) in [5.74, 6) is 0. The van der Waals surface area contributed by atoms with E-state index in [1.807, 2.05) is 24.5 Å². The summed E-state index contributed by atoms with van der Waals surface area (Å²) in [6.07, 6.45) is 3.99. The molecule has 0 N–H and O–H groups in total. The van der Waals surface area contributed by atoms with Gasteiger partial charge >= 0.3 is 0 Å². The average Bonchev–Trinajstić information content (AvgIpc) is 2.58. The zero-order valence-electron chi connectivity index (χ0n) is 7.61. The van der Waals surface area contributed by atoms with Crippen LogP contribution in [0.4, 0.5) is 0 Å². The summed E-state index contributed by atoms with van der Waals surface area (Å²) in [5, 5.41) is 0. The predicted molar refractivity (Wildman–Crippen MR) is 54.3 cm³/mol. The Morgan fingerprint density at radius 3 is 3.00 bits per heavy atom. The number of rotatable bonds is 3. The van der Waals surface area contributed by atoms with Crippen LogP contribution in [-0.4, -0.2) is 9.55 Å². The van der Waals surface area contributed by atoms with E-state index < -0.39 is 0 Å². The lowest BCUT2D eigenvalue weighted by Crippen LogP contribution is -1.94. The summed E-state index contributed by atoms with van der Waals surface area (Å²) in [4.78, 5) is 4.31. The van der Waals surface area contributed by atoms with E-state index in [2.05, 4.69) is 22.5 Å². The van der Waals surface area contributed by atoms with Crippen molar-refractivity contribution in [2.45, 2.75) is 19.4 Å². The van der Waals surface area contributed by atoms with Gasteiger partial charge in [-0.25, -0.2) is 4.98 Å². The zero-order chi connectivity index (χ0) is 9.10. The molecule has 67 valence electrons. The van der Waals surface area contributed by atoms with Crippen molar-refractivity contribution in [1.29, 1.82) is 0 Å². The van der Waals surface area contributed by atoms with Crippen molar-refractivity contribution < 1.29 is 0 Å². The normalized spacial score (nSPS) is 10.8. The SMILES string of the molecule is [CH2]CCCn1cnc2ccccc21. The first-order chi connectivity index (χ1) is 6.42. The molecule has 0 fully saturated rings. The molecule has 13 heavy (non-hydrogen) atoms. The topological polar surface area (TPSA) is 17.8 Å². The molecule has 1 aromatic carbocycles. The number of unbranched alkanes of at least 4 members (excludes halogenated alkanes) is 1. The van der Waals surface area contributed by atoms with Gasteiger partial charge in [0.15, 0.2) is 0 Å². The lowest BCUT2D eigenvalue weighted by Gasteiger charge is -2.01. The number of aryl methyl sites for hydroxylation is 1. The third kappa shape index (κ3) is 1.57. The number of imidazole rings is 1. The van der Waals surface area contributed by atoms with Gasteiger partial charge in [-0.1, -0.05) is 25.5 Å². The Balaban J connectivity index is 2.35. The first-order valence-electron chi connectivity index (χ1n) is 4.61. The van der Waals surface area contributed by atoms with Crippen LogP contribution < -0.4 is 0 Å². The van der Waals surface area contributed by atoms with E-state index in [-0.39, 0.29) is 0 Å². The molecule has 2 rings (SSSR count). The lowest BCUT2D eigenvalue weighted by atomic mass is 10.3. The summed E-state index contributed by atoms with van der Waals surface area (Å²) in [5.41, 5.74) is 2.29. The molecule has 0 aliphatic rings. The Labute approximate surface area is 78.2 Å². The highest BCUT2D eigenvalue weighted by Crippen LogP contribution is 2.12. The number of fused-ring (bicyclic) bond motifs is 1. The van der Waals surface area contributed by atoms with Gasteiger partial charge < -0.3 is 4.57 Å². The molecule has 0 unspecified atom stereocenters. The van der Waals surface area contributed by atoms with Gasteiger partial charge in [-0.05, 0) is 18.6 Å². The molecule has 0 aliphatic heterocycles. The first kappa shape index (κ1) is 8.30. The van der Waals surface area contributed by atoms with Crippen LogP contribution in [0.3, 0.4) is 0 Å². The van der Waals surface area contributed by atoms with Gasteiger partial charge in [0.2, 0.25) is 0 Å². The number of hydrogen-bond acceptors (Lipinski definition) is 1. The van der Waals surface area contributed by atoms with Crippen LogP contribution in [0, 0.1) is 6.92 Å². The van der Waals surface area contributed by atoms with Crippen molar-refractivity contribution in [2.75, 3.05) is 0 Å². The Hall–Kier alpha value is -1.31. The predicted octanol–water partition coefficient (Wildman–Crippen LogP) is 2.65. The minimum atomic E-state index is 0.979. The molecule has 0 atom stereocenters. The number of aromatic nitrogens is 2. The Kier molecular flexibility index (Phi) is 2.30. The van der Waals surface area contributed by atoms with Gasteiger partial charge in [0.25, 0.3) is 0 Å². The van der Waals surface area contributed by atoms with Gasteiger partial charge in [0, 0.05) is 6.54 Å². The molecule has 0 bridgehead atoms. The molecular formula is C11H13N2. The van der Waals surface area contributed by atoms with Crippen molar-refractivity contribution >= 4 is 11.0 Å². The third-order valence-electron chi connectivity index (χ3n) is 2.18. The van der Waals surface area contributed by atoms with E-state index in [0.29, 0.717) is 0 Å². The molecule has 0 aliphatic carbocycles. The molecule has 0 spiro atoms. The second kappa shape index (κ2) is 3.60. The van der Waals surface area contributed by atoms with Crippen LogP contribution >= 0.6 is 0 Å². The van der Waals surface area contributed by atoms with E-state index >= 15 is 0 Å². The minimum absolute atomic E-state index is 0.979. The molecule has 1 heterocycles. The van der Waals surface area contributed by atoms with Gasteiger partial charge in [0.05, 0.1) is 17.4 Å². The second-order valence-corrected chi connectivity index (χ2v) is 3.13. The van der Waals surface area contributed by atoms with Crippen molar-refractivity contribution in [3.8, 4) is 0 Å². The Bertz CT molecular complexity index is 390. The highest BCUT2D eigenvalue weighted by atomic mass is 15.0. The van der Waals surface area contributed by atoms with Crippen molar-refractivity contribution in [2.24, 2.45) is 0 Å². The van der Waals surface area contributed by atoms with Crippen LogP contribution in [-0.2, 0) is 6.54 Å². The Morgan fingerprint density at radius 2 is 2.15 bits per heavy atom. The van der Waals surface area contributed by atoms with Gasteiger partial charge in [-0.15, -0.1) is 0 Å². The molecule has 2 nitrogen and oxygen atoms in total. The largest absolute Gasteiger partial charge is 0.331 e. The quantitative estimate of drug-likeness (QED) is 0.697. The van der Waals surface area contributed by atoms with Crippen molar-refractivity contribution in [1.82, 2.24) is 9.55 Å². The van der Waals surface area contributed by atoms with Crippen LogP contribution in [0.15, 0.2) is 30.6 Å². The van der Waals surface area contributed by atoms with E-state index in [1.54, 1.807) is 0 Å². The summed E-state index contributed by atoms with van der Waals surface area (Å²) < 4.78 is 2.18. The lowest BCUT2D eigenvalue weighted by molar-refractivity contribution is 0.664. The molecule has 0 amide bonds. The minimum Gasteiger partial charge on any atom is -0.331 e. The molecule has 0 saturated carbocycles. The maximum Gasteiger partial charge on any atom is 0.0958 e.